The van der Waals surface area contributed by atoms with E-state index in [-0.39, 0.29) is 48.8 Å². The Kier molecular flexibility index (Phi) is 17.3. The van der Waals surface area contributed by atoms with Crippen LogP contribution in [0.15, 0.2) is 12.7 Å². The van der Waals surface area contributed by atoms with E-state index in [4.69, 9.17) is 5.73 Å². The van der Waals surface area contributed by atoms with E-state index in [1.807, 2.05) is 6.08 Å². The van der Waals surface area contributed by atoms with Gasteiger partial charge in [-0.25, -0.2) is 4.79 Å². The SMILES string of the molecule is C=CCCCCCCCCC(=O)OC(=O)C(N)CCC(=O)[O-].[Na+]. The number of carboxylic acid groups (broad SMARTS) is 1. The second kappa shape index (κ2) is 16.2. The third kappa shape index (κ3) is 16.0. The Balaban J connectivity index is 0. The Bertz CT molecular complexity index is 373. The average Bonchev–Trinajstić information content (AvgIpc) is 2.47. The van der Waals surface area contributed by atoms with Crippen LogP contribution in [-0.2, 0) is 19.1 Å². The van der Waals surface area contributed by atoms with E-state index in [1.54, 1.807) is 0 Å². The molecule has 0 radical (unpaired) electrons. The molecular weight excluding hydrogens is 309 g/mol. The minimum Gasteiger partial charge on any atom is -0.550 e. The minimum absolute atomic E-state index is 0. The molecule has 0 rings (SSSR count). The molecule has 0 aliphatic rings. The molecule has 0 fully saturated rings. The van der Waals surface area contributed by atoms with Crippen molar-refractivity contribution < 1.29 is 53.8 Å². The molecule has 0 aromatic carbocycles. The van der Waals surface area contributed by atoms with E-state index in [2.05, 4.69) is 11.3 Å². The van der Waals surface area contributed by atoms with E-state index in [1.165, 1.54) is 0 Å². The number of carboxylic acids is 1. The van der Waals surface area contributed by atoms with Crippen LogP contribution in [0.4, 0.5) is 0 Å². The van der Waals surface area contributed by atoms with Crippen molar-refractivity contribution in [2.75, 3.05) is 0 Å². The summed E-state index contributed by atoms with van der Waals surface area (Å²) in [5, 5.41) is 10.2. The zero-order valence-corrected chi connectivity index (χ0v) is 16.1. The van der Waals surface area contributed by atoms with Crippen molar-refractivity contribution in [3.8, 4) is 0 Å². The molecule has 23 heavy (non-hydrogen) atoms. The molecular formula is C16H26NNaO5. The van der Waals surface area contributed by atoms with Gasteiger partial charge in [0, 0.05) is 12.4 Å². The van der Waals surface area contributed by atoms with E-state index in [0.29, 0.717) is 6.42 Å². The zero-order valence-electron chi connectivity index (χ0n) is 14.1. The second-order valence-electron chi connectivity index (χ2n) is 5.26. The number of allylic oxidation sites excluding steroid dienone is 1. The normalized spacial score (nSPS) is 11.2. The van der Waals surface area contributed by atoms with Crippen molar-refractivity contribution in [1.82, 2.24) is 0 Å². The van der Waals surface area contributed by atoms with Crippen LogP contribution in [0, 0.1) is 0 Å². The molecule has 0 aliphatic carbocycles. The number of ether oxygens (including phenoxy) is 1. The summed E-state index contributed by atoms with van der Waals surface area (Å²) >= 11 is 0. The van der Waals surface area contributed by atoms with Gasteiger partial charge in [-0.1, -0.05) is 31.8 Å². The second-order valence-corrected chi connectivity index (χ2v) is 5.26. The van der Waals surface area contributed by atoms with Gasteiger partial charge >= 0.3 is 41.5 Å². The number of carbonyl (C=O) groups excluding carboxylic acids is 3. The van der Waals surface area contributed by atoms with Crippen LogP contribution in [0.3, 0.4) is 0 Å². The van der Waals surface area contributed by atoms with E-state index in [0.717, 1.165) is 38.5 Å². The molecule has 126 valence electrons. The molecule has 0 saturated heterocycles. The first kappa shape index (κ1) is 24.6. The van der Waals surface area contributed by atoms with Crippen LogP contribution in [0.5, 0.6) is 0 Å². The van der Waals surface area contributed by atoms with Gasteiger partial charge in [0.2, 0.25) is 0 Å². The molecule has 1 unspecified atom stereocenters. The first-order chi connectivity index (χ1) is 10.5. The van der Waals surface area contributed by atoms with Crippen LogP contribution in [-0.4, -0.2) is 23.9 Å². The topological polar surface area (TPSA) is 110 Å². The predicted molar refractivity (Wildman–Crippen MR) is 80.4 cm³/mol. The Morgan fingerprint density at radius 1 is 1.04 bits per heavy atom. The molecule has 1 atom stereocenters. The maximum absolute atomic E-state index is 11.4. The molecule has 0 saturated carbocycles. The maximum atomic E-state index is 11.4. The van der Waals surface area contributed by atoms with Crippen molar-refractivity contribution in [3.63, 3.8) is 0 Å². The molecule has 0 heterocycles. The average molecular weight is 335 g/mol. The van der Waals surface area contributed by atoms with Crippen LogP contribution >= 0.6 is 0 Å². The number of unbranched alkanes of at least 4 members (excludes halogenated alkanes) is 6. The standard InChI is InChI=1S/C16H27NO5.Na/c1-2-3-4-5-6-7-8-9-10-15(20)22-16(21)13(17)11-12-14(18)19;/h2,13H,1,3-12,17H2,(H,18,19);/q;+1/p-1. The Morgan fingerprint density at radius 2 is 1.61 bits per heavy atom. The smallest absolute Gasteiger partial charge is 0.550 e. The number of esters is 2. The molecule has 0 spiro atoms. The Hall–Kier alpha value is -0.690. The molecule has 0 amide bonds. The van der Waals surface area contributed by atoms with Crippen LogP contribution in [0.1, 0.15) is 64.2 Å². The van der Waals surface area contributed by atoms with Crippen molar-refractivity contribution in [2.45, 2.75) is 70.3 Å². The number of hydrogen-bond acceptors (Lipinski definition) is 6. The summed E-state index contributed by atoms with van der Waals surface area (Å²) in [4.78, 5) is 33.1. The van der Waals surface area contributed by atoms with Crippen LogP contribution in [0.2, 0.25) is 0 Å². The molecule has 0 aliphatic heterocycles. The van der Waals surface area contributed by atoms with Gasteiger partial charge in [0.1, 0.15) is 6.04 Å². The molecule has 6 nitrogen and oxygen atoms in total. The van der Waals surface area contributed by atoms with Gasteiger partial charge < -0.3 is 20.4 Å². The third-order valence-corrected chi connectivity index (χ3v) is 3.22. The summed E-state index contributed by atoms with van der Waals surface area (Å²) in [7, 11) is 0. The first-order valence-electron chi connectivity index (χ1n) is 7.78. The van der Waals surface area contributed by atoms with E-state index >= 15 is 0 Å². The van der Waals surface area contributed by atoms with E-state index in [9.17, 15) is 19.5 Å². The predicted octanol–water partition coefficient (Wildman–Crippen LogP) is -1.78. The summed E-state index contributed by atoms with van der Waals surface area (Å²) in [5.41, 5.74) is 5.42. The van der Waals surface area contributed by atoms with Gasteiger partial charge in [0.25, 0.3) is 0 Å². The van der Waals surface area contributed by atoms with Crippen molar-refractivity contribution >= 4 is 17.9 Å². The third-order valence-electron chi connectivity index (χ3n) is 3.22. The van der Waals surface area contributed by atoms with E-state index < -0.39 is 23.9 Å². The van der Waals surface area contributed by atoms with Gasteiger partial charge in [-0.3, -0.25) is 4.79 Å². The summed E-state index contributed by atoms with van der Waals surface area (Å²) < 4.78 is 4.58. The quantitative estimate of drug-likeness (QED) is 0.140. The summed E-state index contributed by atoms with van der Waals surface area (Å²) in [6.07, 6.45) is 8.72. The summed E-state index contributed by atoms with van der Waals surface area (Å²) in [6.45, 7) is 3.66. The number of aliphatic carboxylic acids is 1. The molecule has 0 aromatic heterocycles. The van der Waals surface area contributed by atoms with Crippen molar-refractivity contribution in [1.29, 1.82) is 0 Å². The Morgan fingerprint density at radius 3 is 2.17 bits per heavy atom. The number of carbonyl (C=O) groups is 3. The zero-order chi connectivity index (χ0) is 16.8. The fourth-order valence-corrected chi connectivity index (χ4v) is 1.90. The van der Waals surface area contributed by atoms with Gasteiger partial charge in [0.15, 0.2) is 0 Å². The Labute approximate surface area is 160 Å². The number of rotatable bonds is 13. The van der Waals surface area contributed by atoms with Crippen molar-refractivity contribution in [2.24, 2.45) is 5.73 Å². The largest absolute Gasteiger partial charge is 1.00 e. The minimum atomic E-state index is -1.29. The van der Waals surface area contributed by atoms with Gasteiger partial charge in [-0.2, -0.15) is 0 Å². The number of nitrogens with two attached hydrogens (primary N) is 1. The molecule has 0 bridgehead atoms. The van der Waals surface area contributed by atoms with Gasteiger partial charge in [-0.05, 0) is 32.1 Å². The van der Waals surface area contributed by atoms with Crippen LogP contribution < -0.4 is 40.4 Å². The fourth-order valence-electron chi connectivity index (χ4n) is 1.90. The molecule has 2 N–H and O–H groups in total. The van der Waals surface area contributed by atoms with Crippen molar-refractivity contribution in [3.05, 3.63) is 12.7 Å². The molecule has 7 heteroatoms. The first-order valence-corrected chi connectivity index (χ1v) is 7.78. The van der Waals surface area contributed by atoms with Gasteiger partial charge in [0.05, 0.1) is 0 Å². The number of hydrogen-bond donors (Lipinski definition) is 1. The van der Waals surface area contributed by atoms with Gasteiger partial charge in [-0.15, -0.1) is 6.58 Å². The summed E-state index contributed by atoms with van der Waals surface area (Å²) in [5.74, 6) is -2.78. The summed E-state index contributed by atoms with van der Waals surface area (Å²) in [6, 6.07) is -1.10. The molecule has 0 aromatic rings. The monoisotopic (exact) mass is 335 g/mol. The maximum Gasteiger partial charge on any atom is 1.00 e. The fraction of sp³-hybridized carbons (Fsp3) is 0.688. The van der Waals surface area contributed by atoms with Crippen LogP contribution in [0.25, 0.3) is 0 Å².